The van der Waals surface area contributed by atoms with Gasteiger partial charge in [-0.25, -0.2) is 4.79 Å². The van der Waals surface area contributed by atoms with Gasteiger partial charge in [0.05, 0.1) is 17.9 Å². The number of para-hydroxylation sites is 2. The molecule has 1 atom stereocenters. The number of nitrogens with one attached hydrogen (secondary N) is 2. The zero-order valence-electron chi connectivity index (χ0n) is 22.7. The van der Waals surface area contributed by atoms with Gasteiger partial charge in [-0.2, -0.15) is 0 Å². The number of thioether (sulfide) groups is 1. The lowest BCUT2D eigenvalue weighted by atomic mass is 9.98. The Morgan fingerprint density at radius 1 is 0.786 bits per heavy atom. The summed E-state index contributed by atoms with van der Waals surface area (Å²) in [6.45, 7) is 2.36. The van der Waals surface area contributed by atoms with Crippen LogP contribution in [-0.4, -0.2) is 29.5 Å². The van der Waals surface area contributed by atoms with Gasteiger partial charge in [-0.15, -0.1) is 11.8 Å². The molecule has 42 heavy (non-hydrogen) atoms. The molecule has 0 aromatic heterocycles. The summed E-state index contributed by atoms with van der Waals surface area (Å²) in [6, 6.07) is 34.0. The Bertz CT molecular complexity index is 1750. The number of amides is 2. The van der Waals surface area contributed by atoms with Crippen LogP contribution in [0.5, 0.6) is 5.75 Å². The van der Waals surface area contributed by atoms with Gasteiger partial charge in [0.2, 0.25) is 5.91 Å². The molecular weight excluding hydrogens is 548 g/mol. The zero-order valence-corrected chi connectivity index (χ0v) is 23.6. The van der Waals surface area contributed by atoms with Gasteiger partial charge in [0.1, 0.15) is 11.0 Å². The van der Waals surface area contributed by atoms with E-state index in [-0.39, 0.29) is 17.0 Å². The molecule has 7 nitrogen and oxygen atoms in total. The van der Waals surface area contributed by atoms with Crippen molar-refractivity contribution in [3.05, 3.63) is 132 Å². The number of carbonyl (C=O) groups excluding carboxylic acids is 2. The van der Waals surface area contributed by atoms with Crippen molar-refractivity contribution >= 4 is 51.7 Å². The normalized spacial score (nSPS) is 11.5. The minimum absolute atomic E-state index is 0.0604. The molecule has 0 heterocycles. The summed E-state index contributed by atoms with van der Waals surface area (Å²) < 4.78 is 5.68. The standard InChI is InChI=1S/C34H28N2O5S/c1-2-41-29-20-7-6-19-28(29)36-33(38)31(23-11-4-3-5-12-23)42-25-16-10-15-24(21-25)35-32(37)26-17-8-13-22-14-9-18-27(30(22)26)34(39)40/h3-21,31H,2H2,1H3,(H,35,37)(H,36,38)(H,39,40). The number of fused-ring (bicyclic) bond motifs is 1. The number of carbonyl (C=O) groups is 3. The maximum atomic E-state index is 13.6. The van der Waals surface area contributed by atoms with Gasteiger partial charge in [0, 0.05) is 21.5 Å². The third-order valence-electron chi connectivity index (χ3n) is 6.51. The van der Waals surface area contributed by atoms with Crippen LogP contribution in [0.2, 0.25) is 0 Å². The third kappa shape index (κ3) is 6.45. The predicted molar refractivity (Wildman–Crippen MR) is 167 cm³/mol. The Balaban J connectivity index is 1.40. The van der Waals surface area contributed by atoms with Crippen molar-refractivity contribution in [2.75, 3.05) is 17.2 Å². The van der Waals surface area contributed by atoms with E-state index in [1.807, 2.05) is 61.5 Å². The number of carboxylic acid groups (broad SMARTS) is 1. The summed E-state index contributed by atoms with van der Waals surface area (Å²) >= 11 is 1.35. The van der Waals surface area contributed by atoms with Crippen molar-refractivity contribution in [2.24, 2.45) is 0 Å². The summed E-state index contributed by atoms with van der Waals surface area (Å²) in [5.41, 5.74) is 2.25. The van der Waals surface area contributed by atoms with E-state index < -0.39 is 17.1 Å². The molecule has 0 bridgehead atoms. The van der Waals surface area contributed by atoms with Crippen LogP contribution in [0, 0.1) is 0 Å². The van der Waals surface area contributed by atoms with Gasteiger partial charge in [0.15, 0.2) is 0 Å². The highest BCUT2D eigenvalue weighted by Crippen LogP contribution is 2.38. The maximum Gasteiger partial charge on any atom is 0.336 e. The van der Waals surface area contributed by atoms with Crippen molar-refractivity contribution in [2.45, 2.75) is 17.1 Å². The second-order valence-electron chi connectivity index (χ2n) is 9.32. The molecule has 0 saturated heterocycles. The Morgan fingerprint density at radius 3 is 2.21 bits per heavy atom. The number of carboxylic acids is 1. The molecule has 2 amide bonds. The quantitative estimate of drug-likeness (QED) is 0.147. The van der Waals surface area contributed by atoms with Crippen LogP contribution < -0.4 is 15.4 Å². The van der Waals surface area contributed by atoms with Gasteiger partial charge in [-0.05, 0) is 60.3 Å². The Hall–Kier alpha value is -5.08. The zero-order chi connectivity index (χ0) is 29.5. The fourth-order valence-corrected chi connectivity index (χ4v) is 5.72. The van der Waals surface area contributed by atoms with Crippen LogP contribution in [0.25, 0.3) is 10.8 Å². The summed E-state index contributed by atoms with van der Waals surface area (Å²) in [5.74, 6) is -1.16. The number of hydrogen-bond acceptors (Lipinski definition) is 5. The first-order chi connectivity index (χ1) is 20.4. The molecule has 3 N–H and O–H groups in total. The fourth-order valence-electron chi connectivity index (χ4n) is 4.64. The topological polar surface area (TPSA) is 105 Å². The summed E-state index contributed by atoms with van der Waals surface area (Å²) in [6.07, 6.45) is 0. The molecule has 5 rings (SSSR count). The molecular formula is C34H28N2O5S. The molecule has 1 unspecified atom stereocenters. The summed E-state index contributed by atoms with van der Waals surface area (Å²) in [5, 5.41) is 16.1. The molecule has 5 aromatic carbocycles. The summed E-state index contributed by atoms with van der Waals surface area (Å²) in [7, 11) is 0. The van der Waals surface area contributed by atoms with Crippen LogP contribution in [-0.2, 0) is 4.79 Å². The Morgan fingerprint density at radius 2 is 1.48 bits per heavy atom. The maximum absolute atomic E-state index is 13.6. The highest BCUT2D eigenvalue weighted by molar-refractivity contribution is 8.00. The van der Waals surface area contributed by atoms with Crippen LogP contribution in [0.3, 0.4) is 0 Å². The molecule has 0 aliphatic heterocycles. The highest BCUT2D eigenvalue weighted by Gasteiger charge is 2.24. The first-order valence-corrected chi connectivity index (χ1v) is 14.2. The monoisotopic (exact) mass is 576 g/mol. The minimum Gasteiger partial charge on any atom is -0.492 e. The van der Waals surface area contributed by atoms with Crippen molar-refractivity contribution < 1.29 is 24.2 Å². The summed E-state index contributed by atoms with van der Waals surface area (Å²) in [4.78, 5) is 39.6. The smallest absolute Gasteiger partial charge is 0.336 e. The molecule has 8 heteroatoms. The average Bonchev–Trinajstić information content (AvgIpc) is 3.01. The van der Waals surface area contributed by atoms with E-state index in [1.165, 1.54) is 17.8 Å². The first kappa shape index (κ1) is 28.4. The lowest BCUT2D eigenvalue weighted by Gasteiger charge is -2.19. The molecule has 5 aromatic rings. The number of rotatable bonds is 10. The first-order valence-electron chi connectivity index (χ1n) is 13.4. The molecule has 0 radical (unpaired) electrons. The third-order valence-corrected chi connectivity index (χ3v) is 7.76. The van der Waals surface area contributed by atoms with E-state index in [0.29, 0.717) is 34.5 Å². The lowest BCUT2D eigenvalue weighted by molar-refractivity contribution is -0.115. The van der Waals surface area contributed by atoms with E-state index in [2.05, 4.69) is 10.6 Å². The van der Waals surface area contributed by atoms with Gasteiger partial charge >= 0.3 is 5.97 Å². The van der Waals surface area contributed by atoms with Gasteiger partial charge in [0.25, 0.3) is 5.91 Å². The van der Waals surface area contributed by atoms with Gasteiger partial charge < -0.3 is 20.5 Å². The van der Waals surface area contributed by atoms with Crippen molar-refractivity contribution in [3.8, 4) is 5.75 Å². The predicted octanol–water partition coefficient (Wildman–Crippen LogP) is 7.66. The number of aromatic carboxylic acids is 1. The van der Waals surface area contributed by atoms with Gasteiger partial charge in [-0.1, -0.05) is 72.8 Å². The second kappa shape index (κ2) is 13.1. The largest absolute Gasteiger partial charge is 0.492 e. The molecule has 0 aliphatic rings. The number of benzene rings is 5. The molecule has 210 valence electrons. The molecule has 0 fully saturated rings. The van der Waals surface area contributed by atoms with Crippen LogP contribution in [0.1, 0.15) is 38.5 Å². The average molecular weight is 577 g/mol. The van der Waals surface area contributed by atoms with Gasteiger partial charge in [-0.3, -0.25) is 9.59 Å². The lowest BCUT2D eigenvalue weighted by Crippen LogP contribution is -2.19. The van der Waals surface area contributed by atoms with E-state index in [0.717, 1.165) is 10.5 Å². The van der Waals surface area contributed by atoms with E-state index in [4.69, 9.17) is 4.74 Å². The van der Waals surface area contributed by atoms with Crippen molar-refractivity contribution in [3.63, 3.8) is 0 Å². The van der Waals surface area contributed by atoms with Crippen LogP contribution in [0.4, 0.5) is 11.4 Å². The molecule has 0 saturated carbocycles. The van der Waals surface area contributed by atoms with Crippen LogP contribution in [0.15, 0.2) is 120 Å². The van der Waals surface area contributed by atoms with E-state index in [1.54, 1.807) is 54.6 Å². The van der Waals surface area contributed by atoms with E-state index in [9.17, 15) is 19.5 Å². The number of anilines is 2. The number of hydrogen-bond donors (Lipinski definition) is 3. The fraction of sp³-hybridized carbons (Fsp3) is 0.0882. The Labute approximate surface area is 247 Å². The van der Waals surface area contributed by atoms with Crippen molar-refractivity contribution in [1.29, 1.82) is 0 Å². The van der Waals surface area contributed by atoms with E-state index >= 15 is 0 Å². The second-order valence-corrected chi connectivity index (χ2v) is 10.5. The molecule has 0 spiro atoms. The molecule has 0 aliphatic carbocycles. The number of ether oxygens (including phenoxy) is 1. The van der Waals surface area contributed by atoms with Crippen molar-refractivity contribution in [1.82, 2.24) is 0 Å². The SMILES string of the molecule is CCOc1ccccc1NC(=O)C(Sc1cccc(NC(=O)c2cccc3cccc(C(=O)O)c23)c1)c1ccccc1. The highest BCUT2D eigenvalue weighted by atomic mass is 32.2. The van der Waals surface area contributed by atoms with Crippen LogP contribution >= 0.6 is 11.8 Å². The Kier molecular flexibility index (Phi) is 8.84. The minimum atomic E-state index is -1.10.